The standard InChI is InChI=1S/C17H17BrFN3O2/c1-21-15-8-20-14-7-13(19)12(18)6-11(14)16(15)22(17(21)23)9-3-4-10(5-9)24-2/h6-10H,3-5H2,1-2H3. The summed E-state index contributed by atoms with van der Waals surface area (Å²) in [6.07, 6.45) is 4.46. The van der Waals surface area contributed by atoms with Gasteiger partial charge < -0.3 is 4.74 Å². The summed E-state index contributed by atoms with van der Waals surface area (Å²) in [5.74, 6) is -0.362. The molecule has 2 atom stereocenters. The van der Waals surface area contributed by atoms with E-state index in [-0.39, 0.29) is 23.7 Å². The second kappa shape index (κ2) is 5.67. The molecule has 24 heavy (non-hydrogen) atoms. The molecule has 5 nitrogen and oxygen atoms in total. The Morgan fingerprint density at radius 2 is 2.17 bits per heavy atom. The summed E-state index contributed by atoms with van der Waals surface area (Å²) < 4.78 is 23.1. The summed E-state index contributed by atoms with van der Waals surface area (Å²) in [6, 6.07) is 3.19. The van der Waals surface area contributed by atoms with E-state index in [2.05, 4.69) is 20.9 Å². The largest absolute Gasteiger partial charge is 0.381 e. The van der Waals surface area contributed by atoms with Crippen LogP contribution in [0.15, 0.2) is 27.6 Å². The van der Waals surface area contributed by atoms with Gasteiger partial charge in [0, 0.05) is 31.7 Å². The lowest BCUT2D eigenvalue weighted by Gasteiger charge is -2.13. The minimum atomic E-state index is -0.362. The molecule has 2 aromatic heterocycles. The fraction of sp³-hybridized carbons (Fsp3) is 0.412. The SMILES string of the molecule is COC1CCC(n2c(=O)n(C)c3cnc4cc(F)c(Br)cc4c32)C1. The fourth-order valence-corrected chi connectivity index (χ4v) is 4.07. The number of hydrogen-bond donors (Lipinski definition) is 0. The zero-order valence-corrected chi connectivity index (χ0v) is 15.0. The number of benzene rings is 1. The first-order valence-corrected chi connectivity index (χ1v) is 8.68. The minimum Gasteiger partial charge on any atom is -0.381 e. The molecule has 1 saturated carbocycles. The number of methoxy groups -OCH3 is 1. The highest BCUT2D eigenvalue weighted by Gasteiger charge is 2.29. The van der Waals surface area contributed by atoms with Crippen molar-refractivity contribution >= 4 is 37.9 Å². The molecule has 1 aliphatic rings. The van der Waals surface area contributed by atoms with Gasteiger partial charge >= 0.3 is 5.69 Å². The summed E-state index contributed by atoms with van der Waals surface area (Å²) in [6.45, 7) is 0. The number of aromatic nitrogens is 3. The number of pyridine rings is 1. The number of imidazole rings is 1. The molecule has 2 unspecified atom stereocenters. The van der Waals surface area contributed by atoms with Gasteiger partial charge in [0.05, 0.1) is 33.3 Å². The summed E-state index contributed by atoms with van der Waals surface area (Å²) in [7, 11) is 3.45. The van der Waals surface area contributed by atoms with E-state index in [9.17, 15) is 9.18 Å². The van der Waals surface area contributed by atoms with Gasteiger partial charge in [-0.05, 0) is 41.3 Å². The van der Waals surface area contributed by atoms with Crippen molar-refractivity contribution in [3.8, 4) is 0 Å². The van der Waals surface area contributed by atoms with Crippen LogP contribution in [0.2, 0.25) is 0 Å². The fourth-order valence-electron chi connectivity index (χ4n) is 3.73. The predicted octanol–water partition coefficient (Wildman–Crippen LogP) is 3.53. The Bertz CT molecular complexity index is 1010. The molecule has 0 radical (unpaired) electrons. The van der Waals surface area contributed by atoms with E-state index in [1.54, 1.807) is 31.0 Å². The van der Waals surface area contributed by atoms with Gasteiger partial charge in [-0.3, -0.25) is 14.1 Å². The molecule has 7 heteroatoms. The van der Waals surface area contributed by atoms with Gasteiger partial charge in [0.15, 0.2) is 0 Å². The lowest BCUT2D eigenvalue weighted by molar-refractivity contribution is 0.106. The van der Waals surface area contributed by atoms with E-state index < -0.39 is 0 Å². The van der Waals surface area contributed by atoms with Crippen molar-refractivity contribution in [3.05, 3.63) is 39.1 Å². The van der Waals surface area contributed by atoms with Crippen LogP contribution in [0.25, 0.3) is 21.9 Å². The Kier molecular flexibility index (Phi) is 3.73. The monoisotopic (exact) mass is 393 g/mol. The van der Waals surface area contributed by atoms with E-state index in [4.69, 9.17) is 4.74 Å². The Morgan fingerprint density at radius 3 is 2.88 bits per heavy atom. The summed E-state index contributed by atoms with van der Waals surface area (Å²) in [4.78, 5) is 17.2. The molecule has 0 N–H and O–H groups in total. The first-order chi connectivity index (χ1) is 11.5. The molecule has 126 valence electrons. The Hall–Kier alpha value is -1.73. The van der Waals surface area contributed by atoms with Gasteiger partial charge in [0.2, 0.25) is 0 Å². The molecule has 1 aliphatic carbocycles. The van der Waals surface area contributed by atoms with E-state index in [0.29, 0.717) is 9.99 Å². The van der Waals surface area contributed by atoms with E-state index in [1.807, 2.05) is 4.57 Å². The third-order valence-corrected chi connectivity index (χ3v) is 5.62. The first-order valence-electron chi connectivity index (χ1n) is 7.88. The minimum absolute atomic E-state index is 0.0681. The smallest absolute Gasteiger partial charge is 0.329 e. The number of aryl methyl sites for hydroxylation is 1. The van der Waals surface area contributed by atoms with Crippen LogP contribution in [-0.2, 0) is 11.8 Å². The topological polar surface area (TPSA) is 49.0 Å². The van der Waals surface area contributed by atoms with Crippen molar-refractivity contribution in [2.75, 3.05) is 7.11 Å². The highest BCUT2D eigenvalue weighted by Crippen LogP contribution is 2.35. The summed E-state index contributed by atoms with van der Waals surface area (Å²) >= 11 is 3.24. The van der Waals surface area contributed by atoms with Crippen LogP contribution in [0.1, 0.15) is 25.3 Å². The third kappa shape index (κ3) is 2.22. The number of halogens is 2. The van der Waals surface area contributed by atoms with Crippen molar-refractivity contribution in [1.29, 1.82) is 0 Å². The van der Waals surface area contributed by atoms with Crippen LogP contribution >= 0.6 is 15.9 Å². The second-order valence-corrected chi connectivity index (χ2v) is 7.17. The lowest BCUT2D eigenvalue weighted by atomic mass is 10.1. The number of nitrogens with zero attached hydrogens (tertiary/aromatic N) is 3. The average molecular weight is 394 g/mol. The molecule has 0 aliphatic heterocycles. The number of fused-ring (bicyclic) bond motifs is 3. The molecule has 0 saturated heterocycles. The third-order valence-electron chi connectivity index (χ3n) is 5.01. The molecule has 0 spiro atoms. The van der Waals surface area contributed by atoms with Crippen LogP contribution in [0.4, 0.5) is 4.39 Å². The van der Waals surface area contributed by atoms with Crippen LogP contribution < -0.4 is 5.69 Å². The van der Waals surface area contributed by atoms with Crippen LogP contribution in [0.5, 0.6) is 0 Å². The van der Waals surface area contributed by atoms with Gasteiger partial charge in [-0.25, -0.2) is 9.18 Å². The normalized spacial score (nSPS) is 21.2. The van der Waals surface area contributed by atoms with Crippen molar-refractivity contribution in [3.63, 3.8) is 0 Å². The summed E-state index contributed by atoms with van der Waals surface area (Å²) in [5.41, 5.74) is 2.05. The average Bonchev–Trinajstić information content (AvgIpc) is 3.13. The van der Waals surface area contributed by atoms with Crippen molar-refractivity contribution in [1.82, 2.24) is 14.1 Å². The van der Waals surface area contributed by atoms with Gasteiger partial charge in [0.25, 0.3) is 0 Å². The molecule has 0 bridgehead atoms. The zero-order chi connectivity index (χ0) is 17.0. The molecule has 0 amide bonds. The second-order valence-electron chi connectivity index (χ2n) is 6.31. The predicted molar refractivity (Wildman–Crippen MR) is 93.8 cm³/mol. The maximum absolute atomic E-state index is 13.9. The van der Waals surface area contributed by atoms with Crippen LogP contribution in [-0.4, -0.2) is 27.3 Å². The van der Waals surface area contributed by atoms with Gasteiger partial charge in [-0.15, -0.1) is 0 Å². The molecule has 2 heterocycles. The molecule has 4 rings (SSSR count). The highest BCUT2D eigenvalue weighted by molar-refractivity contribution is 9.10. The molecular weight excluding hydrogens is 377 g/mol. The number of ether oxygens (including phenoxy) is 1. The maximum atomic E-state index is 13.9. The highest BCUT2D eigenvalue weighted by atomic mass is 79.9. The van der Waals surface area contributed by atoms with E-state index in [1.165, 1.54) is 6.07 Å². The van der Waals surface area contributed by atoms with E-state index >= 15 is 0 Å². The number of rotatable bonds is 2. The number of hydrogen-bond acceptors (Lipinski definition) is 3. The van der Waals surface area contributed by atoms with Gasteiger partial charge in [-0.1, -0.05) is 0 Å². The molecule has 1 fully saturated rings. The molecular formula is C17H17BrFN3O2. The quantitative estimate of drug-likeness (QED) is 0.668. The van der Waals surface area contributed by atoms with Crippen molar-refractivity contribution in [2.24, 2.45) is 7.05 Å². The first kappa shape index (κ1) is 15.8. The zero-order valence-electron chi connectivity index (χ0n) is 13.4. The van der Waals surface area contributed by atoms with Crippen molar-refractivity contribution < 1.29 is 9.13 Å². The van der Waals surface area contributed by atoms with Crippen LogP contribution in [0, 0.1) is 5.82 Å². The van der Waals surface area contributed by atoms with Crippen LogP contribution in [0.3, 0.4) is 0 Å². The van der Waals surface area contributed by atoms with Gasteiger partial charge in [-0.2, -0.15) is 0 Å². The van der Waals surface area contributed by atoms with Crippen molar-refractivity contribution in [2.45, 2.75) is 31.4 Å². The maximum Gasteiger partial charge on any atom is 0.329 e. The Morgan fingerprint density at radius 1 is 1.38 bits per heavy atom. The summed E-state index contributed by atoms with van der Waals surface area (Å²) in [5, 5.41) is 0.777. The Balaban J connectivity index is 2.05. The van der Waals surface area contributed by atoms with Gasteiger partial charge in [0.1, 0.15) is 5.82 Å². The molecule has 1 aromatic carbocycles. The Labute approximate surface area is 146 Å². The molecule has 3 aromatic rings. The lowest BCUT2D eigenvalue weighted by Crippen LogP contribution is -2.25. The van der Waals surface area contributed by atoms with E-state index in [0.717, 1.165) is 35.7 Å².